The van der Waals surface area contributed by atoms with E-state index in [1.165, 1.54) is 0 Å². The van der Waals surface area contributed by atoms with Gasteiger partial charge in [0.05, 0.1) is 6.67 Å². The fourth-order valence-corrected chi connectivity index (χ4v) is 4.78. The second-order valence-electron chi connectivity index (χ2n) is 8.94. The molecule has 1 saturated carbocycles. The van der Waals surface area contributed by atoms with Gasteiger partial charge in [0.1, 0.15) is 12.1 Å². The van der Waals surface area contributed by atoms with Crippen molar-refractivity contribution in [3.8, 4) is 0 Å². The number of amides is 3. The van der Waals surface area contributed by atoms with E-state index in [9.17, 15) is 14.4 Å². The largest absolute Gasteiger partial charge is 0.382 e. The standard InChI is InChI=1S/C24H34N4O4/c1-2-32-16-6-13-25-21(29)17-27-18-28(20-7-4-3-5-8-20)24(23(27)31)11-14-26(15-12-24)22(30)19-9-10-19/h3-5,7-8,19H,2,6,9-18H2,1H3,(H,25,29). The number of hydrogen-bond donors (Lipinski definition) is 1. The molecule has 2 heterocycles. The minimum Gasteiger partial charge on any atom is -0.382 e. The maximum Gasteiger partial charge on any atom is 0.250 e. The average molecular weight is 443 g/mol. The number of para-hydroxylation sites is 1. The molecule has 3 amide bonds. The predicted molar refractivity (Wildman–Crippen MR) is 121 cm³/mol. The van der Waals surface area contributed by atoms with Gasteiger partial charge >= 0.3 is 0 Å². The molecule has 8 heteroatoms. The second-order valence-corrected chi connectivity index (χ2v) is 8.94. The molecule has 32 heavy (non-hydrogen) atoms. The molecule has 1 aromatic rings. The van der Waals surface area contributed by atoms with E-state index in [4.69, 9.17) is 4.74 Å². The molecule has 1 N–H and O–H groups in total. The molecule has 0 atom stereocenters. The number of anilines is 1. The molecular formula is C24H34N4O4. The number of nitrogens with one attached hydrogen (secondary N) is 1. The monoisotopic (exact) mass is 442 g/mol. The van der Waals surface area contributed by atoms with Crippen molar-refractivity contribution >= 4 is 23.4 Å². The Hall–Kier alpha value is -2.61. The second kappa shape index (κ2) is 9.90. The summed E-state index contributed by atoms with van der Waals surface area (Å²) in [6, 6.07) is 9.90. The molecule has 1 aromatic carbocycles. The van der Waals surface area contributed by atoms with E-state index in [0.29, 0.717) is 52.4 Å². The quantitative estimate of drug-likeness (QED) is 0.588. The van der Waals surface area contributed by atoms with Crippen LogP contribution in [-0.2, 0) is 19.1 Å². The number of benzene rings is 1. The zero-order valence-electron chi connectivity index (χ0n) is 18.9. The van der Waals surface area contributed by atoms with Gasteiger partial charge in [-0.3, -0.25) is 14.4 Å². The molecule has 8 nitrogen and oxygen atoms in total. The average Bonchev–Trinajstić information content (AvgIpc) is 3.63. The number of rotatable bonds is 9. The summed E-state index contributed by atoms with van der Waals surface area (Å²) < 4.78 is 5.30. The van der Waals surface area contributed by atoms with Crippen LogP contribution in [0.5, 0.6) is 0 Å². The van der Waals surface area contributed by atoms with Gasteiger partial charge in [0, 0.05) is 44.5 Å². The first-order chi connectivity index (χ1) is 15.5. The Morgan fingerprint density at radius 1 is 1.16 bits per heavy atom. The summed E-state index contributed by atoms with van der Waals surface area (Å²) in [5, 5.41) is 2.89. The molecule has 3 fully saturated rings. The molecule has 174 valence electrons. The van der Waals surface area contributed by atoms with Gasteiger partial charge in [0.2, 0.25) is 11.8 Å². The minimum absolute atomic E-state index is 0.00987. The lowest BCUT2D eigenvalue weighted by molar-refractivity contribution is -0.140. The lowest BCUT2D eigenvalue weighted by Crippen LogP contribution is -2.57. The first-order valence-corrected chi connectivity index (χ1v) is 11.8. The van der Waals surface area contributed by atoms with Crippen LogP contribution < -0.4 is 10.2 Å². The molecule has 1 aliphatic carbocycles. The van der Waals surface area contributed by atoms with E-state index in [-0.39, 0.29) is 30.2 Å². The van der Waals surface area contributed by atoms with Crippen molar-refractivity contribution in [2.75, 3.05) is 51.0 Å². The van der Waals surface area contributed by atoms with Crippen LogP contribution in [0.1, 0.15) is 39.0 Å². The van der Waals surface area contributed by atoms with Crippen LogP contribution in [0.25, 0.3) is 0 Å². The Bertz CT molecular complexity index is 819. The van der Waals surface area contributed by atoms with Crippen LogP contribution in [0.3, 0.4) is 0 Å². The highest BCUT2D eigenvalue weighted by Crippen LogP contribution is 2.40. The predicted octanol–water partition coefficient (Wildman–Crippen LogP) is 1.61. The Kier molecular flexibility index (Phi) is 6.98. The third-order valence-electron chi connectivity index (χ3n) is 6.74. The van der Waals surface area contributed by atoms with Gasteiger partial charge in [-0.1, -0.05) is 18.2 Å². The van der Waals surface area contributed by atoms with E-state index < -0.39 is 5.54 Å². The van der Waals surface area contributed by atoms with Gasteiger partial charge in [-0.15, -0.1) is 0 Å². The van der Waals surface area contributed by atoms with Gasteiger partial charge in [0.15, 0.2) is 0 Å². The van der Waals surface area contributed by atoms with E-state index in [2.05, 4.69) is 10.2 Å². The van der Waals surface area contributed by atoms with E-state index in [0.717, 1.165) is 24.9 Å². The number of carbonyl (C=O) groups excluding carboxylic acids is 3. The fourth-order valence-electron chi connectivity index (χ4n) is 4.78. The Labute approximate surface area is 189 Å². The molecular weight excluding hydrogens is 408 g/mol. The van der Waals surface area contributed by atoms with E-state index in [1.54, 1.807) is 4.90 Å². The van der Waals surface area contributed by atoms with Gasteiger partial charge in [-0.05, 0) is 51.2 Å². The number of nitrogens with zero attached hydrogens (tertiary/aromatic N) is 3. The summed E-state index contributed by atoms with van der Waals surface area (Å²) in [5.74, 6) is 0.266. The first kappa shape index (κ1) is 22.6. The zero-order chi connectivity index (χ0) is 22.6. The molecule has 0 bridgehead atoms. The minimum atomic E-state index is -0.697. The number of hydrogen-bond acceptors (Lipinski definition) is 5. The van der Waals surface area contributed by atoms with Crippen LogP contribution in [0.2, 0.25) is 0 Å². The van der Waals surface area contributed by atoms with Crippen LogP contribution in [0, 0.1) is 5.92 Å². The van der Waals surface area contributed by atoms with Gasteiger partial charge in [-0.25, -0.2) is 0 Å². The maximum atomic E-state index is 13.6. The number of piperidine rings is 1. The Morgan fingerprint density at radius 2 is 1.88 bits per heavy atom. The smallest absolute Gasteiger partial charge is 0.250 e. The van der Waals surface area contributed by atoms with Crippen LogP contribution in [0.15, 0.2) is 30.3 Å². The molecule has 2 aliphatic heterocycles. The first-order valence-electron chi connectivity index (χ1n) is 11.8. The summed E-state index contributed by atoms with van der Waals surface area (Å²) in [6.45, 7) is 5.35. The Balaban J connectivity index is 1.43. The Morgan fingerprint density at radius 3 is 2.53 bits per heavy atom. The third kappa shape index (κ3) is 4.75. The molecule has 0 unspecified atom stereocenters. The highest BCUT2D eigenvalue weighted by atomic mass is 16.5. The van der Waals surface area contributed by atoms with Crippen molar-refractivity contribution in [3.63, 3.8) is 0 Å². The summed E-state index contributed by atoms with van der Waals surface area (Å²) in [7, 11) is 0. The van der Waals surface area contributed by atoms with Gasteiger partial charge in [0.25, 0.3) is 5.91 Å². The lowest BCUT2D eigenvalue weighted by Gasteiger charge is -2.43. The molecule has 3 aliphatic rings. The normalized spacial score (nSPS) is 20.2. The van der Waals surface area contributed by atoms with Crippen LogP contribution in [0.4, 0.5) is 5.69 Å². The van der Waals surface area contributed by atoms with Crippen LogP contribution >= 0.6 is 0 Å². The van der Waals surface area contributed by atoms with Crippen molar-refractivity contribution in [1.82, 2.24) is 15.1 Å². The number of likely N-dealkylation sites (tertiary alicyclic amines) is 1. The highest BCUT2D eigenvalue weighted by Gasteiger charge is 2.54. The summed E-state index contributed by atoms with van der Waals surface area (Å²) >= 11 is 0. The third-order valence-corrected chi connectivity index (χ3v) is 6.74. The van der Waals surface area contributed by atoms with Crippen molar-refractivity contribution in [2.45, 2.75) is 44.6 Å². The van der Waals surface area contributed by atoms with E-state index >= 15 is 0 Å². The van der Waals surface area contributed by atoms with Crippen molar-refractivity contribution in [3.05, 3.63) is 30.3 Å². The summed E-state index contributed by atoms with van der Waals surface area (Å²) in [4.78, 5) is 44.4. The maximum absolute atomic E-state index is 13.6. The molecule has 0 radical (unpaired) electrons. The molecule has 4 rings (SSSR count). The summed E-state index contributed by atoms with van der Waals surface area (Å²) in [6.07, 6.45) is 3.90. The number of ether oxygens (including phenoxy) is 1. The van der Waals surface area contributed by atoms with Crippen molar-refractivity contribution in [1.29, 1.82) is 0 Å². The van der Waals surface area contributed by atoms with E-state index in [1.807, 2.05) is 42.2 Å². The van der Waals surface area contributed by atoms with Crippen molar-refractivity contribution in [2.24, 2.45) is 5.92 Å². The van der Waals surface area contributed by atoms with Gasteiger partial charge in [-0.2, -0.15) is 0 Å². The number of carbonyl (C=O) groups is 3. The molecule has 2 saturated heterocycles. The topological polar surface area (TPSA) is 82.2 Å². The van der Waals surface area contributed by atoms with Crippen molar-refractivity contribution < 1.29 is 19.1 Å². The molecule has 0 aromatic heterocycles. The lowest BCUT2D eigenvalue weighted by atomic mass is 9.85. The SMILES string of the molecule is CCOCCCNC(=O)CN1CN(c2ccccc2)C2(CCN(C(=O)C3CC3)CC2)C1=O. The zero-order valence-corrected chi connectivity index (χ0v) is 18.9. The summed E-state index contributed by atoms with van der Waals surface area (Å²) in [5.41, 5.74) is 0.277. The molecule has 1 spiro atoms. The van der Waals surface area contributed by atoms with Gasteiger partial charge < -0.3 is 24.8 Å². The van der Waals surface area contributed by atoms with Crippen LogP contribution in [-0.4, -0.2) is 79.1 Å². The fraction of sp³-hybridized carbons (Fsp3) is 0.625. The highest BCUT2D eigenvalue weighted by molar-refractivity contribution is 5.96.